The number of aryl methyl sites for hydroxylation is 2. The lowest BCUT2D eigenvalue weighted by molar-refractivity contribution is 0.0505. The fourth-order valence-corrected chi connectivity index (χ4v) is 10.2. The summed E-state index contributed by atoms with van der Waals surface area (Å²) in [6.45, 7) is 12.8. The topological polar surface area (TPSA) is 102 Å². The van der Waals surface area contributed by atoms with E-state index in [1.807, 2.05) is 83.6 Å². The average Bonchev–Trinajstić information content (AvgIpc) is 3.82. The molecule has 4 aliphatic heterocycles. The van der Waals surface area contributed by atoms with E-state index in [1.54, 1.807) is 7.11 Å². The number of thiol groups is 1. The number of carbonyl (C=O) groups is 2. The Hall–Kier alpha value is -5.82. The summed E-state index contributed by atoms with van der Waals surface area (Å²) in [5.74, 6) is 1.73. The molecule has 0 spiro atoms. The standard InChI is InChI=1S/C56H64N4O7S/c1-6-21-64-23-24-65-22-20-58(19-11-18-56(3,4)68)44-27-38(35-66-51-33-48-47(25-37(51)2)55(62)60-45(34-57-48)30-42-13-8-10-15-50(42)60)26-39(28-44)36-67-53-31-40-16-17-43-29-41-12-7-9-14-49(41)59(43)54(61)46(40)32-52(53)63-5/h7-10,12-15,25-28,31-34,43,45,68H,6,11,16-24,29-30,35-36H2,1-5H3/t43-,45+/m1/s1. The van der Waals surface area contributed by atoms with Crippen LogP contribution < -0.4 is 28.9 Å². The fourth-order valence-electron chi connectivity index (χ4n) is 10.0. The molecule has 2 amide bonds. The van der Waals surface area contributed by atoms with Crippen molar-refractivity contribution in [1.29, 1.82) is 0 Å². The first kappa shape index (κ1) is 47.3. The molecule has 4 aliphatic rings. The van der Waals surface area contributed by atoms with Crippen LogP contribution >= 0.6 is 12.6 Å². The van der Waals surface area contributed by atoms with Crippen LogP contribution in [0, 0.1) is 6.92 Å². The van der Waals surface area contributed by atoms with Gasteiger partial charge in [-0.3, -0.25) is 19.5 Å². The van der Waals surface area contributed by atoms with Crippen LogP contribution in [0.3, 0.4) is 0 Å². The maximum absolute atomic E-state index is 14.2. The third kappa shape index (κ3) is 10.4. The summed E-state index contributed by atoms with van der Waals surface area (Å²) < 4.78 is 30.9. The van der Waals surface area contributed by atoms with Crippen molar-refractivity contribution in [3.63, 3.8) is 0 Å². The van der Waals surface area contributed by atoms with E-state index < -0.39 is 0 Å². The van der Waals surface area contributed by atoms with Crippen molar-refractivity contribution in [1.82, 2.24) is 0 Å². The van der Waals surface area contributed by atoms with Gasteiger partial charge in [0.1, 0.15) is 19.0 Å². The predicted octanol–water partition coefficient (Wildman–Crippen LogP) is 10.7. The number of nitrogens with zero attached hydrogens (tertiary/aromatic N) is 4. The molecule has 0 saturated heterocycles. The molecule has 5 aromatic rings. The van der Waals surface area contributed by atoms with Gasteiger partial charge in [0.05, 0.1) is 44.2 Å². The first-order valence-electron chi connectivity index (χ1n) is 24.2. The number of hydrogen-bond acceptors (Lipinski definition) is 10. The second-order valence-corrected chi connectivity index (χ2v) is 20.3. The minimum atomic E-state index is -0.133. The van der Waals surface area contributed by atoms with Gasteiger partial charge < -0.3 is 33.5 Å². The molecule has 0 unspecified atom stereocenters. The van der Waals surface area contributed by atoms with Crippen molar-refractivity contribution < 1.29 is 33.3 Å². The van der Waals surface area contributed by atoms with Crippen LogP contribution in [-0.2, 0) is 41.9 Å². The predicted molar refractivity (Wildman–Crippen MR) is 274 cm³/mol. The Kier molecular flexibility index (Phi) is 14.5. The fraction of sp³-hybridized carbons (Fsp3) is 0.411. The van der Waals surface area contributed by atoms with Gasteiger partial charge in [-0.15, -0.1) is 0 Å². The van der Waals surface area contributed by atoms with Crippen molar-refractivity contribution >= 4 is 53.4 Å². The molecule has 0 fully saturated rings. The lowest BCUT2D eigenvalue weighted by Gasteiger charge is -2.28. The Morgan fingerprint density at radius 3 is 2.13 bits per heavy atom. The molecule has 356 valence electrons. The first-order chi connectivity index (χ1) is 33.0. The molecule has 0 N–H and O–H groups in total. The molecule has 11 nitrogen and oxygen atoms in total. The minimum absolute atomic E-state index is 0.00253. The smallest absolute Gasteiger partial charge is 0.261 e. The molecule has 12 heteroatoms. The maximum atomic E-state index is 14.2. The molecule has 0 bridgehead atoms. The van der Waals surface area contributed by atoms with E-state index in [1.165, 1.54) is 5.56 Å². The molecule has 0 aromatic heterocycles. The summed E-state index contributed by atoms with van der Waals surface area (Å²) in [5.41, 5.74) is 10.9. The molecule has 2 atom stereocenters. The maximum Gasteiger partial charge on any atom is 0.261 e. The van der Waals surface area contributed by atoms with Gasteiger partial charge in [0.25, 0.3) is 11.8 Å². The SMILES string of the molecule is CCCOCCOCCN(CCCC(C)(C)S)c1cc(COc2cc3c(cc2C)C(=O)N2c4ccccc4C[C@H]2C=N3)cc(COc2cc3c(cc2OC)C(=O)N2c4ccccc4C[C@H]2CC3)c1. The van der Waals surface area contributed by atoms with Crippen LogP contribution in [0.15, 0.2) is 96.0 Å². The third-order valence-electron chi connectivity index (χ3n) is 13.4. The number of ether oxygens (including phenoxy) is 5. The molecule has 9 rings (SSSR count). The zero-order valence-corrected chi connectivity index (χ0v) is 41.0. The highest BCUT2D eigenvalue weighted by Gasteiger charge is 2.38. The molecular formula is C56H64N4O7S. The number of para-hydroxylation sites is 2. The number of hydrogen-bond donors (Lipinski definition) is 1. The van der Waals surface area contributed by atoms with Crippen LogP contribution in [0.4, 0.5) is 22.7 Å². The van der Waals surface area contributed by atoms with Crippen LogP contribution in [0.25, 0.3) is 0 Å². The quantitative estimate of drug-likeness (QED) is 0.0608. The van der Waals surface area contributed by atoms with E-state index in [2.05, 4.69) is 56.0 Å². The number of aliphatic imine (C=N–C) groups is 1. The van der Waals surface area contributed by atoms with Crippen molar-refractivity contribution in [2.45, 2.75) is 103 Å². The Morgan fingerprint density at radius 2 is 1.41 bits per heavy atom. The summed E-state index contributed by atoms with van der Waals surface area (Å²) in [6.07, 6.45) is 7.96. The number of fused-ring (bicyclic) bond motifs is 8. The molecule has 4 heterocycles. The van der Waals surface area contributed by atoms with Crippen molar-refractivity contribution in [2.24, 2.45) is 4.99 Å². The summed E-state index contributed by atoms with van der Waals surface area (Å²) >= 11 is 4.84. The van der Waals surface area contributed by atoms with Crippen molar-refractivity contribution in [2.75, 3.05) is 61.3 Å². The number of rotatable bonds is 20. The second-order valence-electron chi connectivity index (χ2n) is 19.1. The summed E-state index contributed by atoms with van der Waals surface area (Å²) in [6, 6.07) is 30.4. The summed E-state index contributed by atoms with van der Waals surface area (Å²) in [7, 11) is 1.62. The summed E-state index contributed by atoms with van der Waals surface area (Å²) in [5, 5.41) is 0. The Bertz CT molecular complexity index is 2680. The largest absolute Gasteiger partial charge is 0.493 e. The number of amides is 2. The van der Waals surface area contributed by atoms with Gasteiger partial charge in [0, 0.05) is 71.8 Å². The molecule has 0 aliphatic carbocycles. The highest BCUT2D eigenvalue weighted by molar-refractivity contribution is 7.81. The molecule has 0 radical (unpaired) electrons. The lowest BCUT2D eigenvalue weighted by atomic mass is 9.99. The van der Waals surface area contributed by atoms with Gasteiger partial charge in [-0.25, -0.2) is 0 Å². The van der Waals surface area contributed by atoms with E-state index in [-0.39, 0.29) is 41.9 Å². The van der Waals surface area contributed by atoms with Gasteiger partial charge >= 0.3 is 0 Å². The first-order valence-corrected chi connectivity index (χ1v) is 24.7. The Morgan fingerprint density at radius 1 is 0.735 bits per heavy atom. The zero-order chi connectivity index (χ0) is 47.4. The lowest BCUT2D eigenvalue weighted by Crippen LogP contribution is -2.37. The van der Waals surface area contributed by atoms with E-state index in [4.69, 9.17) is 41.3 Å². The van der Waals surface area contributed by atoms with Crippen LogP contribution in [0.5, 0.6) is 17.2 Å². The highest BCUT2D eigenvalue weighted by atomic mass is 32.1. The second kappa shape index (κ2) is 20.8. The average molecular weight is 937 g/mol. The van der Waals surface area contributed by atoms with Crippen molar-refractivity contribution in [3.8, 4) is 17.2 Å². The molecule has 68 heavy (non-hydrogen) atoms. The Balaban J connectivity index is 0.984. The zero-order valence-electron chi connectivity index (χ0n) is 40.1. The Labute approximate surface area is 406 Å². The number of benzene rings is 5. The van der Waals surface area contributed by atoms with Crippen LogP contribution in [0.2, 0.25) is 0 Å². The normalized spacial score (nSPS) is 16.9. The number of methoxy groups -OCH3 is 1. The van der Waals surface area contributed by atoms with Gasteiger partial charge in [-0.05, 0) is 127 Å². The van der Waals surface area contributed by atoms with Crippen LogP contribution in [0.1, 0.15) is 101 Å². The van der Waals surface area contributed by atoms with Gasteiger partial charge in [0.15, 0.2) is 11.5 Å². The third-order valence-corrected chi connectivity index (χ3v) is 13.7. The molecule has 0 saturated carbocycles. The number of carbonyl (C=O) groups excluding carboxylic acids is 2. The van der Waals surface area contributed by atoms with E-state index >= 15 is 0 Å². The van der Waals surface area contributed by atoms with Gasteiger partial charge in [-0.1, -0.05) is 57.2 Å². The molecular weight excluding hydrogens is 873 g/mol. The summed E-state index contributed by atoms with van der Waals surface area (Å²) in [4.78, 5) is 39.4. The highest BCUT2D eigenvalue weighted by Crippen LogP contribution is 2.42. The molecule has 5 aromatic carbocycles. The monoisotopic (exact) mass is 936 g/mol. The number of anilines is 3. The van der Waals surface area contributed by atoms with Crippen LogP contribution in [-0.4, -0.2) is 81.5 Å². The van der Waals surface area contributed by atoms with E-state index in [9.17, 15) is 9.59 Å². The minimum Gasteiger partial charge on any atom is -0.493 e. The van der Waals surface area contributed by atoms with Gasteiger partial charge in [0.2, 0.25) is 0 Å². The van der Waals surface area contributed by atoms with Gasteiger partial charge in [-0.2, -0.15) is 12.6 Å². The van der Waals surface area contributed by atoms with Crippen molar-refractivity contribution in [3.05, 3.63) is 136 Å². The van der Waals surface area contributed by atoms with E-state index in [0.717, 1.165) is 103 Å². The van der Waals surface area contributed by atoms with E-state index in [0.29, 0.717) is 60.4 Å².